The van der Waals surface area contributed by atoms with Gasteiger partial charge in [0.05, 0.1) is 12.1 Å². The highest BCUT2D eigenvalue weighted by Crippen LogP contribution is 2.24. The number of rotatable bonds is 6. The molecule has 1 aliphatic heterocycles. The molecule has 2 rings (SSSR count). The summed E-state index contributed by atoms with van der Waals surface area (Å²) in [5.41, 5.74) is 8.43. The van der Waals surface area contributed by atoms with Gasteiger partial charge >= 0.3 is 0 Å². The van der Waals surface area contributed by atoms with Gasteiger partial charge in [-0.1, -0.05) is 31.9 Å². The van der Waals surface area contributed by atoms with Gasteiger partial charge in [-0.2, -0.15) is 0 Å². The van der Waals surface area contributed by atoms with Crippen molar-refractivity contribution >= 4 is 5.69 Å². The zero-order valence-electron chi connectivity index (χ0n) is 11.9. The van der Waals surface area contributed by atoms with Gasteiger partial charge in [-0.25, -0.2) is 0 Å². The van der Waals surface area contributed by atoms with Crippen LogP contribution >= 0.6 is 0 Å². The molecule has 1 saturated heterocycles. The molecular formula is C16H26N2O. The van der Waals surface area contributed by atoms with Crippen molar-refractivity contribution in [2.75, 3.05) is 18.0 Å². The molecule has 2 atom stereocenters. The van der Waals surface area contributed by atoms with Gasteiger partial charge in [0.1, 0.15) is 0 Å². The highest BCUT2D eigenvalue weighted by atomic mass is 16.3. The van der Waals surface area contributed by atoms with E-state index in [4.69, 9.17) is 5.73 Å². The maximum atomic E-state index is 10.0. The van der Waals surface area contributed by atoms with Crippen LogP contribution in [0.2, 0.25) is 0 Å². The number of unbranched alkanes of at least 4 members (excludes halogenated alkanes) is 1. The van der Waals surface area contributed by atoms with Crippen LogP contribution < -0.4 is 10.6 Å². The zero-order chi connectivity index (χ0) is 13.7. The van der Waals surface area contributed by atoms with Crippen molar-refractivity contribution < 1.29 is 5.11 Å². The maximum absolute atomic E-state index is 10.0. The highest BCUT2D eigenvalue weighted by Gasteiger charge is 2.17. The van der Waals surface area contributed by atoms with Crippen LogP contribution in [0, 0.1) is 0 Å². The molecule has 3 heteroatoms. The largest absolute Gasteiger partial charge is 0.391 e. The van der Waals surface area contributed by atoms with Crippen LogP contribution in [-0.2, 0) is 0 Å². The summed E-state index contributed by atoms with van der Waals surface area (Å²) in [6, 6.07) is 8.13. The topological polar surface area (TPSA) is 49.5 Å². The SMILES string of the molecule is CCCC[C@H](O)[C@H](N)c1ccc(N2CCCC2)cc1. The van der Waals surface area contributed by atoms with Gasteiger partial charge in [-0.3, -0.25) is 0 Å². The second kappa shape index (κ2) is 6.92. The average Bonchev–Trinajstić information content (AvgIpc) is 2.98. The molecule has 1 aromatic rings. The Morgan fingerprint density at radius 2 is 1.84 bits per heavy atom. The zero-order valence-corrected chi connectivity index (χ0v) is 11.9. The van der Waals surface area contributed by atoms with Crippen molar-refractivity contribution in [2.24, 2.45) is 5.73 Å². The molecule has 0 amide bonds. The fourth-order valence-corrected chi connectivity index (χ4v) is 2.70. The monoisotopic (exact) mass is 262 g/mol. The molecular weight excluding hydrogens is 236 g/mol. The molecule has 1 aliphatic rings. The molecule has 1 aromatic carbocycles. The normalized spacial score (nSPS) is 18.6. The molecule has 19 heavy (non-hydrogen) atoms. The van der Waals surface area contributed by atoms with Gasteiger partial charge < -0.3 is 15.7 Å². The van der Waals surface area contributed by atoms with Crippen LogP contribution in [0.1, 0.15) is 50.6 Å². The molecule has 3 nitrogen and oxygen atoms in total. The number of nitrogens with zero attached hydrogens (tertiary/aromatic N) is 1. The second-order valence-electron chi connectivity index (χ2n) is 5.52. The Hall–Kier alpha value is -1.06. The molecule has 1 heterocycles. The lowest BCUT2D eigenvalue weighted by Gasteiger charge is -2.21. The number of anilines is 1. The third-order valence-corrected chi connectivity index (χ3v) is 4.02. The van der Waals surface area contributed by atoms with E-state index in [1.54, 1.807) is 0 Å². The number of benzene rings is 1. The second-order valence-corrected chi connectivity index (χ2v) is 5.52. The first-order chi connectivity index (χ1) is 9.22. The lowest BCUT2D eigenvalue weighted by molar-refractivity contribution is 0.132. The fourth-order valence-electron chi connectivity index (χ4n) is 2.70. The predicted octanol–water partition coefficient (Wildman–Crippen LogP) is 2.84. The smallest absolute Gasteiger partial charge is 0.0732 e. The number of aliphatic hydroxyl groups is 1. The maximum Gasteiger partial charge on any atom is 0.0732 e. The van der Waals surface area contributed by atoms with Crippen LogP contribution in [0.5, 0.6) is 0 Å². The number of hydrogen-bond acceptors (Lipinski definition) is 3. The van der Waals surface area contributed by atoms with Crippen molar-refractivity contribution in [1.82, 2.24) is 0 Å². The summed E-state index contributed by atoms with van der Waals surface area (Å²) in [7, 11) is 0. The van der Waals surface area contributed by atoms with Crippen molar-refractivity contribution in [1.29, 1.82) is 0 Å². The van der Waals surface area contributed by atoms with E-state index in [2.05, 4.69) is 36.1 Å². The molecule has 106 valence electrons. The third kappa shape index (κ3) is 3.71. The average molecular weight is 262 g/mol. The van der Waals surface area contributed by atoms with Gasteiger partial charge in [0.2, 0.25) is 0 Å². The van der Waals surface area contributed by atoms with E-state index >= 15 is 0 Å². The van der Waals surface area contributed by atoms with Gasteiger partial charge in [-0.05, 0) is 37.0 Å². The van der Waals surface area contributed by atoms with Crippen molar-refractivity contribution in [2.45, 2.75) is 51.2 Å². The van der Waals surface area contributed by atoms with Crippen molar-refractivity contribution in [3.8, 4) is 0 Å². The van der Waals surface area contributed by atoms with E-state index in [-0.39, 0.29) is 6.04 Å². The van der Waals surface area contributed by atoms with Crippen LogP contribution in [-0.4, -0.2) is 24.3 Å². The first-order valence-corrected chi connectivity index (χ1v) is 7.51. The van der Waals surface area contributed by atoms with E-state index < -0.39 is 6.10 Å². The molecule has 3 N–H and O–H groups in total. The molecule has 1 fully saturated rings. The molecule has 0 bridgehead atoms. The lowest BCUT2D eigenvalue weighted by atomic mass is 9.98. The summed E-state index contributed by atoms with van der Waals surface area (Å²) in [4.78, 5) is 2.41. The van der Waals surface area contributed by atoms with Gasteiger partial charge in [-0.15, -0.1) is 0 Å². The number of aliphatic hydroxyl groups excluding tert-OH is 1. The Labute approximate surface area is 116 Å². The molecule has 0 saturated carbocycles. The molecule has 0 aromatic heterocycles. The summed E-state index contributed by atoms with van der Waals surface area (Å²) in [6.45, 7) is 4.44. The lowest BCUT2D eigenvalue weighted by Crippen LogP contribution is -2.26. The fraction of sp³-hybridized carbons (Fsp3) is 0.625. The number of hydrogen-bond donors (Lipinski definition) is 2. The molecule has 0 aliphatic carbocycles. The van der Waals surface area contributed by atoms with E-state index in [0.29, 0.717) is 0 Å². The van der Waals surface area contributed by atoms with E-state index in [1.807, 2.05) is 0 Å². The summed E-state index contributed by atoms with van der Waals surface area (Å²) in [5, 5.41) is 10.0. The summed E-state index contributed by atoms with van der Waals surface area (Å²) in [5.74, 6) is 0. The third-order valence-electron chi connectivity index (χ3n) is 4.02. The summed E-state index contributed by atoms with van der Waals surface area (Å²) < 4.78 is 0. The number of nitrogens with two attached hydrogens (primary N) is 1. The Kier molecular flexibility index (Phi) is 5.23. The Balaban J connectivity index is 1.96. The first kappa shape index (κ1) is 14.4. The van der Waals surface area contributed by atoms with Crippen LogP contribution in [0.4, 0.5) is 5.69 Å². The van der Waals surface area contributed by atoms with Crippen LogP contribution in [0.3, 0.4) is 0 Å². The molecule has 0 unspecified atom stereocenters. The van der Waals surface area contributed by atoms with E-state index in [0.717, 1.165) is 37.9 Å². The van der Waals surface area contributed by atoms with Crippen LogP contribution in [0.25, 0.3) is 0 Å². The van der Waals surface area contributed by atoms with E-state index in [9.17, 15) is 5.11 Å². The molecule has 0 spiro atoms. The van der Waals surface area contributed by atoms with Crippen LogP contribution in [0.15, 0.2) is 24.3 Å². The Morgan fingerprint density at radius 1 is 1.21 bits per heavy atom. The summed E-state index contributed by atoms with van der Waals surface area (Å²) >= 11 is 0. The minimum absolute atomic E-state index is 0.265. The quantitative estimate of drug-likeness (QED) is 0.829. The Bertz CT molecular complexity index is 371. The van der Waals surface area contributed by atoms with Gasteiger partial charge in [0.15, 0.2) is 0 Å². The summed E-state index contributed by atoms with van der Waals surface area (Å²) in [6.07, 6.45) is 5.05. The van der Waals surface area contributed by atoms with Crippen molar-refractivity contribution in [3.63, 3.8) is 0 Å². The minimum atomic E-state index is -0.433. The molecule has 0 radical (unpaired) electrons. The van der Waals surface area contributed by atoms with Gasteiger partial charge in [0.25, 0.3) is 0 Å². The van der Waals surface area contributed by atoms with Gasteiger partial charge in [0, 0.05) is 18.8 Å². The predicted molar refractivity (Wildman–Crippen MR) is 80.3 cm³/mol. The standard InChI is InChI=1S/C16H26N2O/c1-2-3-6-15(19)16(17)13-7-9-14(10-8-13)18-11-4-5-12-18/h7-10,15-16,19H,2-6,11-12,17H2,1H3/t15-,16+/m0/s1. The first-order valence-electron chi connectivity index (χ1n) is 7.51. The minimum Gasteiger partial charge on any atom is -0.391 e. The van der Waals surface area contributed by atoms with Crippen molar-refractivity contribution in [3.05, 3.63) is 29.8 Å². The Morgan fingerprint density at radius 3 is 2.42 bits per heavy atom. The highest BCUT2D eigenvalue weighted by molar-refractivity contribution is 5.48. The van der Waals surface area contributed by atoms with E-state index in [1.165, 1.54) is 18.5 Å².